The average Bonchev–Trinajstić information content (AvgIpc) is 2.11. The summed E-state index contributed by atoms with van der Waals surface area (Å²) in [6.07, 6.45) is 6.25. The number of hydrogen-bond acceptors (Lipinski definition) is 2. The van der Waals surface area contributed by atoms with Gasteiger partial charge >= 0.3 is 0 Å². The van der Waals surface area contributed by atoms with E-state index in [0.717, 1.165) is 19.3 Å². The summed E-state index contributed by atoms with van der Waals surface area (Å²) in [5.41, 5.74) is -0.399. The second-order valence-corrected chi connectivity index (χ2v) is 4.52. The third-order valence-corrected chi connectivity index (χ3v) is 3.03. The van der Waals surface area contributed by atoms with Crippen molar-refractivity contribution in [1.82, 2.24) is 0 Å². The van der Waals surface area contributed by atoms with Gasteiger partial charge in [-0.05, 0) is 32.8 Å². The highest BCUT2D eigenvalue weighted by Gasteiger charge is 2.36. The van der Waals surface area contributed by atoms with E-state index in [2.05, 4.69) is 0 Å². The average molecular weight is 194 g/mol. The molecule has 14 heavy (non-hydrogen) atoms. The Balaban J connectivity index is 2.81. The van der Waals surface area contributed by atoms with Crippen LogP contribution < -0.4 is 0 Å². The molecule has 0 aromatic rings. The molecule has 0 aromatic carbocycles. The Kier molecular flexibility index (Phi) is 3.25. The highest BCUT2D eigenvalue weighted by Crippen LogP contribution is 2.36. The molecular formula is C12H18O2. The maximum absolute atomic E-state index is 11.9. The molecule has 1 saturated carbocycles. The predicted molar refractivity (Wildman–Crippen MR) is 56.0 cm³/mol. The van der Waals surface area contributed by atoms with Crippen LogP contribution in [-0.2, 0) is 9.59 Å². The molecule has 0 aromatic heterocycles. The SMILES string of the molecule is CC(=O)/C=C/[C@]1(C)CCC[C@H](C)C1=O. The molecule has 0 radical (unpaired) electrons. The number of carbonyl (C=O) groups excluding carboxylic acids is 2. The van der Waals surface area contributed by atoms with E-state index in [0.29, 0.717) is 0 Å². The van der Waals surface area contributed by atoms with E-state index < -0.39 is 5.41 Å². The van der Waals surface area contributed by atoms with E-state index in [9.17, 15) is 9.59 Å². The van der Waals surface area contributed by atoms with Crippen LogP contribution in [0.3, 0.4) is 0 Å². The van der Waals surface area contributed by atoms with E-state index in [-0.39, 0.29) is 17.5 Å². The third-order valence-electron chi connectivity index (χ3n) is 3.03. The fraction of sp³-hybridized carbons (Fsp3) is 0.667. The third kappa shape index (κ3) is 2.31. The normalized spacial score (nSPS) is 33.6. The molecule has 2 atom stereocenters. The lowest BCUT2D eigenvalue weighted by atomic mass is 9.70. The fourth-order valence-electron chi connectivity index (χ4n) is 2.06. The van der Waals surface area contributed by atoms with Crippen molar-refractivity contribution in [1.29, 1.82) is 0 Å². The predicted octanol–water partition coefficient (Wildman–Crippen LogP) is 2.53. The zero-order valence-electron chi connectivity index (χ0n) is 9.17. The highest BCUT2D eigenvalue weighted by molar-refractivity contribution is 5.92. The Labute approximate surface area is 85.4 Å². The second kappa shape index (κ2) is 4.07. The van der Waals surface area contributed by atoms with Crippen LogP contribution in [0.2, 0.25) is 0 Å². The molecule has 1 rings (SSSR count). The van der Waals surface area contributed by atoms with Gasteiger partial charge in [0.05, 0.1) is 0 Å². The molecular weight excluding hydrogens is 176 g/mol. The van der Waals surface area contributed by atoms with E-state index in [4.69, 9.17) is 0 Å². The minimum absolute atomic E-state index is 0.0113. The molecule has 0 heterocycles. The van der Waals surface area contributed by atoms with Gasteiger partial charge in [-0.25, -0.2) is 0 Å². The van der Waals surface area contributed by atoms with Crippen molar-refractivity contribution in [3.05, 3.63) is 12.2 Å². The van der Waals surface area contributed by atoms with Gasteiger partial charge in [-0.3, -0.25) is 9.59 Å². The van der Waals surface area contributed by atoms with Crippen molar-refractivity contribution in [2.75, 3.05) is 0 Å². The van der Waals surface area contributed by atoms with E-state index in [1.54, 1.807) is 6.08 Å². The maximum atomic E-state index is 11.9. The second-order valence-electron chi connectivity index (χ2n) is 4.52. The van der Waals surface area contributed by atoms with Gasteiger partial charge in [0, 0.05) is 11.3 Å². The lowest BCUT2D eigenvalue weighted by Gasteiger charge is -2.32. The summed E-state index contributed by atoms with van der Waals surface area (Å²) in [5, 5.41) is 0. The Morgan fingerprint density at radius 3 is 2.79 bits per heavy atom. The molecule has 78 valence electrons. The maximum Gasteiger partial charge on any atom is 0.152 e. The topological polar surface area (TPSA) is 34.1 Å². The number of allylic oxidation sites excluding steroid dienone is 2. The molecule has 0 amide bonds. The zero-order chi connectivity index (χ0) is 10.8. The number of rotatable bonds is 2. The van der Waals surface area contributed by atoms with E-state index >= 15 is 0 Å². The molecule has 1 aliphatic rings. The van der Waals surface area contributed by atoms with Gasteiger partial charge in [0.15, 0.2) is 5.78 Å². The van der Waals surface area contributed by atoms with Crippen LogP contribution in [0.5, 0.6) is 0 Å². The first kappa shape index (κ1) is 11.2. The first-order valence-electron chi connectivity index (χ1n) is 5.20. The van der Waals surface area contributed by atoms with Crippen LogP contribution in [-0.4, -0.2) is 11.6 Å². The van der Waals surface area contributed by atoms with Gasteiger partial charge in [0.1, 0.15) is 5.78 Å². The summed E-state index contributed by atoms with van der Waals surface area (Å²) in [4.78, 5) is 22.7. The van der Waals surface area contributed by atoms with Gasteiger partial charge < -0.3 is 0 Å². The van der Waals surface area contributed by atoms with Crippen LogP contribution in [0.4, 0.5) is 0 Å². The molecule has 1 aliphatic carbocycles. The molecule has 1 fully saturated rings. The molecule has 0 aliphatic heterocycles. The lowest BCUT2D eigenvalue weighted by molar-refractivity contribution is -0.131. The largest absolute Gasteiger partial charge is 0.298 e. The molecule has 2 nitrogen and oxygen atoms in total. The van der Waals surface area contributed by atoms with E-state index in [1.807, 2.05) is 13.8 Å². The van der Waals surface area contributed by atoms with Crippen molar-refractivity contribution in [2.45, 2.75) is 40.0 Å². The van der Waals surface area contributed by atoms with Crippen molar-refractivity contribution < 1.29 is 9.59 Å². The highest BCUT2D eigenvalue weighted by atomic mass is 16.1. The van der Waals surface area contributed by atoms with Crippen molar-refractivity contribution in [2.24, 2.45) is 11.3 Å². The van der Waals surface area contributed by atoms with Crippen LogP contribution in [0, 0.1) is 11.3 Å². The number of ketones is 2. The first-order valence-corrected chi connectivity index (χ1v) is 5.20. The molecule has 0 N–H and O–H groups in total. The Hall–Kier alpha value is -0.920. The van der Waals surface area contributed by atoms with Gasteiger partial charge in [-0.1, -0.05) is 19.4 Å². The zero-order valence-corrected chi connectivity index (χ0v) is 9.17. The summed E-state index contributed by atoms with van der Waals surface area (Å²) in [5.74, 6) is 0.434. The summed E-state index contributed by atoms with van der Waals surface area (Å²) < 4.78 is 0. The Morgan fingerprint density at radius 2 is 2.21 bits per heavy atom. The van der Waals surface area contributed by atoms with Crippen LogP contribution in [0.25, 0.3) is 0 Å². The molecule has 0 saturated heterocycles. The minimum atomic E-state index is -0.399. The smallest absolute Gasteiger partial charge is 0.152 e. The first-order chi connectivity index (χ1) is 6.46. The summed E-state index contributed by atoms with van der Waals surface area (Å²) >= 11 is 0. The molecule has 0 bridgehead atoms. The fourth-order valence-corrected chi connectivity index (χ4v) is 2.06. The summed E-state index contributed by atoms with van der Waals surface area (Å²) in [7, 11) is 0. The van der Waals surface area contributed by atoms with E-state index in [1.165, 1.54) is 13.0 Å². The van der Waals surface area contributed by atoms with Gasteiger partial charge in [-0.2, -0.15) is 0 Å². The van der Waals surface area contributed by atoms with Crippen molar-refractivity contribution >= 4 is 11.6 Å². The molecule has 2 heteroatoms. The molecule has 0 spiro atoms. The lowest BCUT2D eigenvalue weighted by Crippen LogP contribution is -2.34. The van der Waals surface area contributed by atoms with Gasteiger partial charge in [0.25, 0.3) is 0 Å². The number of hydrogen-bond donors (Lipinski definition) is 0. The Morgan fingerprint density at radius 1 is 1.57 bits per heavy atom. The van der Waals surface area contributed by atoms with Crippen molar-refractivity contribution in [3.63, 3.8) is 0 Å². The minimum Gasteiger partial charge on any atom is -0.298 e. The quantitative estimate of drug-likeness (QED) is 0.633. The molecule has 0 unspecified atom stereocenters. The summed E-state index contributed by atoms with van der Waals surface area (Å²) in [6, 6.07) is 0. The standard InChI is InChI=1S/C12H18O2/c1-9-5-4-7-12(3,11(9)14)8-6-10(2)13/h6,8-9H,4-5,7H2,1-3H3/b8-6+/t9-,12-/m0/s1. The van der Waals surface area contributed by atoms with Crippen LogP contribution >= 0.6 is 0 Å². The monoisotopic (exact) mass is 194 g/mol. The van der Waals surface area contributed by atoms with Crippen LogP contribution in [0.1, 0.15) is 40.0 Å². The number of carbonyl (C=O) groups is 2. The Bertz CT molecular complexity index is 278. The number of Topliss-reactive ketones (excluding diaryl/α,β-unsaturated/α-hetero) is 1. The van der Waals surface area contributed by atoms with Crippen LogP contribution in [0.15, 0.2) is 12.2 Å². The van der Waals surface area contributed by atoms with Gasteiger partial charge in [-0.15, -0.1) is 0 Å². The van der Waals surface area contributed by atoms with Gasteiger partial charge in [0.2, 0.25) is 0 Å². The van der Waals surface area contributed by atoms with Crippen molar-refractivity contribution in [3.8, 4) is 0 Å². The summed E-state index contributed by atoms with van der Waals surface area (Å²) in [6.45, 7) is 5.42.